The van der Waals surface area contributed by atoms with Crippen molar-refractivity contribution in [2.45, 2.75) is 91.3 Å². The molecule has 0 aliphatic carbocycles. The van der Waals surface area contributed by atoms with Crippen LogP contribution in [-0.4, -0.2) is 151 Å². The number of unbranched alkanes of at least 4 members (excludes halogenated alkanes) is 2. The summed E-state index contributed by atoms with van der Waals surface area (Å²) in [6.45, 7) is 8.82. The summed E-state index contributed by atoms with van der Waals surface area (Å²) in [7, 11) is 0. The minimum absolute atomic E-state index is 0. The van der Waals surface area contributed by atoms with Crippen molar-refractivity contribution in [1.82, 2.24) is 15.1 Å². The van der Waals surface area contributed by atoms with Gasteiger partial charge in [-0.2, -0.15) is 0 Å². The average Bonchev–Trinajstić information content (AvgIpc) is 2.87. The molecule has 0 aromatic heterocycles. The molecule has 0 aliphatic heterocycles. The molecule has 0 spiro atoms. The molecule has 1 amide bonds. The molecular formula is C30H54CaN4O8. The van der Waals surface area contributed by atoms with Gasteiger partial charge in [-0.1, -0.05) is 51.0 Å². The van der Waals surface area contributed by atoms with Crippen LogP contribution in [0.4, 0.5) is 0 Å². The summed E-state index contributed by atoms with van der Waals surface area (Å²) in [6, 6.07) is 0. The molecule has 0 rings (SSSR count). The number of rotatable bonds is 24. The number of carbonyl (C=O) groups is 3. The Morgan fingerprint density at radius 2 is 1.30 bits per heavy atom. The smallest absolute Gasteiger partial charge is 0.862 e. The van der Waals surface area contributed by atoms with Crippen molar-refractivity contribution in [1.29, 1.82) is 0 Å². The summed E-state index contributed by atoms with van der Waals surface area (Å²) < 4.78 is 0. The average molecular weight is 639 g/mol. The molecule has 0 fully saturated rings. The number of aliphatic hydroxyl groups excluding tert-OH is 2. The zero-order valence-electron chi connectivity index (χ0n) is 26.7. The van der Waals surface area contributed by atoms with Crippen molar-refractivity contribution in [3.8, 4) is 0 Å². The van der Waals surface area contributed by atoms with E-state index in [2.05, 4.69) is 36.3 Å². The van der Waals surface area contributed by atoms with Crippen LogP contribution in [0, 0.1) is 0 Å². The summed E-state index contributed by atoms with van der Waals surface area (Å²) in [5.41, 5.74) is 0. The second-order valence-electron chi connectivity index (χ2n) is 10.2. The normalized spacial score (nSPS) is 13.1. The minimum atomic E-state index is -1.21. The van der Waals surface area contributed by atoms with Gasteiger partial charge in [-0.25, -0.2) is 0 Å². The van der Waals surface area contributed by atoms with Gasteiger partial charge in [-0.3, -0.25) is 19.4 Å². The molecule has 12 nitrogen and oxygen atoms in total. The standard InChI is InChI=1S/2C15H28N2O4.Ca/c2*1-3-4-5-6-7-8-14(19)16-9-10-17(11-13(2)18)12-15(20)21;/h2*5-6,13,18H,3-4,7-12H2,1-2H3,(H,16,19)(H,20,21);/q;;+2/p-2/b2*6-5+;. The third-order valence-corrected chi connectivity index (χ3v) is 5.52. The summed E-state index contributed by atoms with van der Waals surface area (Å²) in [4.78, 5) is 39.9. The van der Waals surface area contributed by atoms with Crippen LogP contribution in [0.15, 0.2) is 29.3 Å². The number of nitrogens with zero attached hydrogens (tertiary/aromatic N) is 3. The first kappa shape index (κ1) is 45.9. The number of amides is 1. The number of allylic oxidation sites excluding steroid dienone is 4. The maximum atomic E-state index is 11.6. The Morgan fingerprint density at radius 1 is 0.814 bits per heavy atom. The quantitative estimate of drug-likeness (QED) is 0.0483. The Labute approximate surface area is 287 Å². The molecule has 2 unspecified atom stereocenters. The largest absolute Gasteiger partial charge is 2.00 e. The molecule has 0 aromatic rings. The van der Waals surface area contributed by atoms with E-state index in [1.807, 2.05) is 12.2 Å². The van der Waals surface area contributed by atoms with Gasteiger partial charge in [0.15, 0.2) is 0 Å². The molecule has 43 heavy (non-hydrogen) atoms. The second-order valence-corrected chi connectivity index (χ2v) is 10.2. The summed E-state index contributed by atoms with van der Waals surface area (Å²) in [5.74, 6) is -2.36. The molecular weight excluding hydrogens is 584 g/mol. The summed E-state index contributed by atoms with van der Waals surface area (Å²) >= 11 is 0. The van der Waals surface area contributed by atoms with E-state index in [9.17, 15) is 34.8 Å². The Bertz CT molecular complexity index is 807. The van der Waals surface area contributed by atoms with E-state index in [1.54, 1.807) is 18.7 Å². The van der Waals surface area contributed by atoms with Crippen LogP contribution in [0.5, 0.6) is 0 Å². The van der Waals surface area contributed by atoms with Crippen molar-refractivity contribution in [3.63, 3.8) is 0 Å². The van der Waals surface area contributed by atoms with E-state index in [0.29, 0.717) is 38.9 Å². The van der Waals surface area contributed by atoms with Crippen molar-refractivity contribution in [3.05, 3.63) is 24.3 Å². The van der Waals surface area contributed by atoms with Crippen LogP contribution in [0.1, 0.15) is 79.1 Å². The van der Waals surface area contributed by atoms with Crippen LogP contribution >= 0.6 is 0 Å². The van der Waals surface area contributed by atoms with Gasteiger partial charge >= 0.3 is 43.7 Å². The molecule has 0 aliphatic rings. The number of nitrogens with one attached hydrogen (secondary N) is 1. The van der Waals surface area contributed by atoms with Crippen LogP contribution < -0.4 is 15.5 Å². The van der Waals surface area contributed by atoms with Gasteiger partial charge in [-0.15, -0.1) is 0 Å². The maximum absolute atomic E-state index is 11.6. The minimum Gasteiger partial charge on any atom is -0.862 e. The molecule has 0 aromatic carbocycles. The third-order valence-electron chi connectivity index (χ3n) is 5.52. The molecule has 0 saturated carbocycles. The van der Waals surface area contributed by atoms with Gasteiger partial charge in [0.05, 0.1) is 31.3 Å². The molecule has 0 saturated heterocycles. The SMILES string of the molecule is CCC/C=C/CCC(=O)NCCN(CC(=O)O)CC(C)O.CCC/C=C/CCC([O-])=NCCN(CC(=O)[O-])CC(C)O.[Ca+2]. The van der Waals surface area contributed by atoms with Crippen molar-refractivity contribution < 1.29 is 39.9 Å². The van der Waals surface area contributed by atoms with Gasteiger partial charge in [-0.05, 0) is 51.8 Å². The van der Waals surface area contributed by atoms with Crippen LogP contribution in [0.2, 0.25) is 0 Å². The van der Waals surface area contributed by atoms with E-state index in [-0.39, 0.29) is 82.3 Å². The molecule has 2 atom stereocenters. The number of carboxylic acid groups (broad SMARTS) is 2. The Hall–Kier alpha value is -1.54. The summed E-state index contributed by atoms with van der Waals surface area (Å²) in [5, 5.41) is 52.2. The first-order valence-corrected chi connectivity index (χ1v) is 14.9. The van der Waals surface area contributed by atoms with Crippen LogP contribution in [0.3, 0.4) is 0 Å². The second kappa shape index (κ2) is 31.9. The third kappa shape index (κ3) is 36.6. The first-order valence-electron chi connectivity index (χ1n) is 14.9. The van der Waals surface area contributed by atoms with Crippen molar-refractivity contribution >= 4 is 61.5 Å². The van der Waals surface area contributed by atoms with Crippen molar-refractivity contribution in [2.24, 2.45) is 4.99 Å². The topological polar surface area (TPSA) is 189 Å². The van der Waals surface area contributed by atoms with E-state index in [0.717, 1.165) is 32.1 Å². The monoisotopic (exact) mass is 638 g/mol. The van der Waals surface area contributed by atoms with Gasteiger partial charge < -0.3 is 40.6 Å². The number of hydrogen-bond acceptors (Lipinski definition) is 10. The fraction of sp³-hybridized carbons (Fsp3) is 0.733. The van der Waals surface area contributed by atoms with Crippen molar-refractivity contribution in [2.75, 3.05) is 52.4 Å². The fourth-order valence-corrected chi connectivity index (χ4v) is 3.65. The van der Waals surface area contributed by atoms with Gasteiger partial charge in [0, 0.05) is 45.7 Å². The van der Waals surface area contributed by atoms with Gasteiger partial charge in [0.25, 0.3) is 0 Å². The predicted molar refractivity (Wildman–Crippen MR) is 167 cm³/mol. The summed E-state index contributed by atoms with van der Waals surface area (Å²) in [6.07, 6.45) is 13.3. The molecule has 0 heterocycles. The van der Waals surface area contributed by atoms with E-state index in [4.69, 9.17) is 5.11 Å². The first-order chi connectivity index (χ1) is 19.9. The Kier molecular flexibility index (Phi) is 34.0. The van der Waals surface area contributed by atoms with E-state index in [1.165, 1.54) is 4.90 Å². The number of aliphatic carboxylic acids is 2. The Morgan fingerprint density at radius 3 is 1.77 bits per heavy atom. The predicted octanol–water partition coefficient (Wildman–Crippen LogP) is -0.0599. The number of aliphatic imine (C=N–C) groups is 1. The number of carbonyl (C=O) groups excluding carboxylic acids is 2. The number of aliphatic hydroxyl groups is 2. The number of carboxylic acids is 2. The Balaban J connectivity index is -0.000000727. The number of hydrogen-bond donors (Lipinski definition) is 4. The fourth-order valence-electron chi connectivity index (χ4n) is 3.65. The van der Waals surface area contributed by atoms with Gasteiger partial charge in [0.2, 0.25) is 5.91 Å². The zero-order chi connectivity index (χ0) is 32.2. The van der Waals surface area contributed by atoms with Crippen LogP contribution in [0.25, 0.3) is 0 Å². The van der Waals surface area contributed by atoms with E-state index >= 15 is 0 Å². The molecule has 244 valence electrons. The van der Waals surface area contributed by atoms with Crippen LogP contribution in [-0.2, 0) is 14.4 Å². The molecule has 0 bridgehead atoms. The molecule has 13 heteroatoms. The zero-order valence-corrected chi connectivity index (χ0v) is 28.9. The molecule has 4 N–H and O–H groups in total. The van der Waals surface area contributed by atoms with E-state index < -0.39 is 24.1 Å². The maximum Gasteiger partial charge on any atom is 2.00 e. The molecule has 0 radical (unpaired) electrons. The van der Waals surface area contributed by atoms with Gasteiger partial charge in [0.1, 0.15) is 0 Å².